The number of ether oxygens (including phenoxy) is 1. The third-order valence-electron chi connectivity index (χ3n) is 4.12. The van der Waals surface area contributed by atoms with Gasteiger partial charge in [0.1, 0.15) is 29.8 Å². The Balaban J connectivity index is 1.82. The van der Waals surface area contributed by atoms with Gasteiger partial charge in [0.25, 0.3) is 5.91 Å². The van der Waals surface area contributed by atoms with Crippen LogP contribution < -0.4 is 19.1 Å². The molecule has 2 aliphatic rings. The molecule has 2 aromatic rings. The van der Waals surface area contributed by atoms with Gasteiger partial charge >= 0.3 is 10.2 Å². The highest BCUT2D eigenvalue weighted by Crippen LogP contribution is 2.39. The molecule has 0 unspecified atom stereocenters. The second-order valence-corrected chi connectivity index (χ2v) is 7.47. The van der Waals surface area contributed by atoms with Crippen LogP contribution in [0.3, 0.4) is 0 Å². The summed E-state index contributed by atoms with van der Waals surface area (Å²) in [5.74, 6) is -1.87. The van der Waals surface area contributed by atoms with E-state index in [1.54, 1.807) is 16.9 Å². The second kappa shape index (κ2) is 5.46. The Bertz CT molecular complexity index is 990. The number of amides is 1. The summed E-state index contributed by atoms with van der Waals surface area (Å²) in [5, 5.41) is 13.6. The number of aromatic hydroxyl groups is 1. The molecule has 2 aliphatic heterocycles. The van der Waals surface area contributed by atoms with E-state index in [-0.39, 0.29) is 11.5 Å². The lowest BCUT2D eigenvalue weighted by atomic mass is 10.1. The van der Waals surface area contributed by atoms with Crippen molar-refractivity contribution in [2.45, 2.75) is 6.10 Å². The number of nitrogens with one attached hydrogen (secondary N) is 2. The summed E-state index contributed by atoms with van der Waals surface area (Å²) in [6.07, 6.45) is -0.00196. The van der Waals surface area contributed by atoms with Crippen molar-refractivity contribution >= 4 is 32.6 Å². The molecule has 2 aromatic carbocycles. The van der Waals surface area contributed by atoms with Crippen molar-refractivity contribution in [2.24, 2.45) is 0 Å². The number of hydrogen-bond acceptors (Lipinski definition) is 6. The number of halogens is 1. The molecule has 2 fully saturated rings. The summed E-state index contributed by atoms with van der Waals surface area (Å²) in [5.41, 5.74) is -0.562. The lowest BCUT2D eigenvalue weighted by Crippen LogP contribution is -2.50. The predicted octanol–water partition coefficient (Wildman–Crippen LogP) is 0.216. The van der Waals surface area contributed by atoms with Crippen LogP contribution in [0.15, 0.2) is 24.3 Å². The summed E-state index contributed by atoms with van der Waals surface area (Å²) in [4.78, 5) is 11.4. The highest BCUT2D eigenvalue weighted by Gasteiger charge is 2.37. The molecule has 2 heterocycles. The first kappa shape index (κ1) is 15.9. The van der Waals surface area contributed by atoms with Crippen molar-refractivity contribution in [3.8, 4) is 11.5 Å². The predicted molar refractivity (Wildman–Crippen MR) is 87.3 cm³/mol. The van der Waals surface area contributed by atoms with E-state index in [9.17, 15) is 22.7 Å². The van der Waals surface area contributed by atoms with Crippen LogP contribution in [0.4, 0.5) is 10.1 Å². The Hall–Kier alpha value is -2.59. The van der Waals surface area contributed by atoms with Crippen molar-refractivity contribution in [2.75, 3.05) is 23.9 Å². The topological polar surface area (TPSA) is 108 Å². The minimum absolute atomic E-state index is 0.00196. The van der Waals surface area contributed by atoms with Crippen LogP contribution in [-0.2, 0) is 15.0 Å². The number of fused-ring (bicyclic) bond motifs is 1. The Kier molecular flexibility index (Phi) is 3.48. The number of rotatable bonds is 3. The maximum atomic E-state index is 15.0. The molecule has 132 valence electrons. The fourth-order valence-electron chi connectivity index (χ4n) is 2.80. The van der Waals surface area contributed by atoms with Gasteiger partial charge in [0, 0.05) is 18.5 Å². The number of benzene rings is 2. The fraction of sp³-hybridized carbons (Fsp3) is 0.267. The van der Waals surface area contributed by atoms with Crippen molar-refractivity contribution in [3.05, 3.63) is 30.1 Å². The number of phenols is 1. The molecule has 0 radical (unpaired) electrons. The number of anilines is 1. The largest absolute Gasteiger partial charge is 0.506 e. The van der Waals surface area contributed by atoms with E-state index in [4.69, 9.17) is 4.74 Å². The van der Waals surface area contributed by atoms with E-state index in [1.165, 1.54) is 12.1 Å². The Labute approximate surface area is 142 Å². The fourth-order valence-corrected chi connectivity index (χ4v) is 3.97. The average Bonchev–Trinajstić information content (AvgIpc) is 2.76. The van der Waals surface area contributed by atoms with Crippen LogP contribution in [0.5, 0.6) is 11.5 Å². The molecule has 1 amide bonds. The van der Waals surface area contributed by atoms with Gasteiger partial charge in [0.15, 0.2) is 5.82 Å². The highest BCUT2D eigenvalue weighted by atomic mass is 32.2. The molecule has 4 rings (SSSR count). The standard InChI is InChI=1S/C15H14FN3O5S/c16-14-11-4-9(24-10-5-17-6-10)2-1-8(11)3-12(20)15(14)19-7-13(21)18-25(19,22)23/h1-4,10,17,20H,5-7H2,(H,18,21). The Morgan fingerprint density at radius 3 is 2.64 bits per heavy atom. The molecule has 25 heavy (non-hydrogen) atoms. The molecule has 8 nitrogen and oxygen atoms in total. The Morgan fingerprint density at radius 1 is 1.28 bits per heavy atom. The normalized spacial score (nSPS) is 19.7. The van der Waals surface area contributed by atoms with E-state index in [0.29, 0.717) is 28.5 Å². The summed E-state index contributed by atoms with van der Waals surface area (Å²) in [6, 6.07) is 5.92. The summed E-state index contributed by atoms with van der Waals surface area (Å²) in [7, 11) is -4.23. The number of hydrogen-bond donors (Lipinski definition) is 3. The average molecular weight is 367 g/mol. The minimum atomic E-state index is -4.23. The summed E-state index contributed by atoms with van der Waals surface area (Å²) in [6.45, 7) is 0.796. The summed E-state index contributed by atoms with van der Waals surface area (Å²) >= 11 is 0. The number of phenolic OH excluding ortho intramolecular Hbond substituents is 1. The van der Waals surface area contributed by atoms with Crippen LogP contribution >= 0.6 is 0 Å². The molecule has 3 N–H and O–H groups in total. The third-order valence-corrected chi connectivity index (χ3v) is 5.50. The lowest BCUT2D eigenvalue weighted by Gasteiger charge is -2.28. The third kappa shape index (κ3) is 2.63. The van der Waals surface area contributed by atoms with E-state index in [2.05, 4.69) is 5.32 Å². The zero-order chi connectivity index (χ0) is 17.8. The Morgan fingerprint density at radius 2 is 2.04 bits per heavy atom. The van der Waals surface area contributed by atoms with Gasteiger partial charge < -0.3 is 15.2 Å². The van der Waals surface area contributed by atoms with Gasteiger partial charge in [0.05, 0.1) is 0 Å². The van der Waals surface area contributed by atoms with Crippen LogP contribution in [-0.4, -0.2) is 45.2 Å². The van der Waals surface area contributed by atoms with Gasteiger partial charge in [-0.25, -0.2) is 13.4 Å². The molecule has 0 aromatic heterocycles. The van der Waals surface area contributed by atoms with Crippen molar-refractivity contribution < 1.29 is 27.4 Å². The number of carbonyl (C=O) groups excluding carboxylic acids is 1. The van der Waals surface area contributed by atoms with Gasteiger partial charge in [-0.15, -0.1) is 0 Å². The zero-order valence-electron chi connectivity index (χ0n) is 12.8. The van der Waals surface area contributed by atoms with Crippen molar-refractivity contribution in [1.29, 1.82) is 0 Å². The van der Waals surface area contributed by atoms with Crippen LogP contribution in [0.25, 0.3) is 10.8 Å². The first-order valence-corrected chi connectivity index (χ1v) is 8.95. The molecule has 0 bridgehead atoms. The summed E-state index contributed by atoms with van der Waals surface area (Å²) < 4.78 is 46.8. The smallest absolute Gasteiger partial charge is 0.326 e. The van der Waals surface area contributed by atoms with Gasteiger partial charge in [-0.3, -0.25) is 4.79 Å². The molecule has 0 saturated carbocycles. The monoisotopic (exact) mass is 367 g/mol. The zero-order valence-corrected chi connectivity index (χ0v) is 13.6. The van der Waals surface area contributed by atoms with Gasteiger partial charge in [0.2, 0.25) is 0 Å². The maximum absolute atomic E-state index is 15.0. The van der Waals surface area contributed by atoms with E-state index < -0.39 is 39.9 Å². The molecular formula is C15H14FN3O5S. The second-order valence-electron chi connectivity index (χ2n) is 5.88. The number of carbonyl (C=O) groups is 1. The number of nitrogens with zero attached hydrogens (tertiary/aromatic N) is 1. The van der Waals surface area contributed by atoms with Gasteiger partial charge in [-0.1, -0.05) is 6.07 Å². The molecule has 0 spiro atoms. The lowest BCUT2D eigenvalue weighted by molar-refractivity contribution is -0.117. The molecule has 0 aliphatic carbocycles. The first-order chi connectivity index (χ1) is 11.8. The van der Waals surface area contributed by atoms with Gasteiger partial charge in [-0.05, 0) is 23.6 Å². The highest BCUT2D eigenvalue weighted by molar-refractivity contribution is 7.92. The molecule has 0 atom stereocenters. The van der Waals surface area contributed by atoms with Crippen LogP contribution in [0, 0.1) is 5.82 Å². The molecule has 10 heteroatoms. The van der Waals surface area contributed by atoms with Crippen LogP contribution in [0.2, 0.25) is 0 Å². The molecular weight excluding hydrogens is 353 g/mol. The van der Waals surface area contributed by atoms with Crippen molar-refractivity contribution in [3.63, 3.8) is 0 Å². The SMILES string of the molecule is O=C1CN(c2c(O)cc3ccc(OC4CNC4)cc3c2F)S(=O)(=O)N1. The van der Waals surface area contributed by atoms with E-state index in [0.717, 1.165) is 0 Å². The van der Waals surface area contributed by atoms with E-state index in [1.807, 2.05) is 0 Å². The molecule has 2 saturated heterocycles. The first-order valence-electron chi connectivity index (χ1n) is 7.51. The van der Waals surface area contributed by atoms with Crippen LogP contribution in [0.1, 0.15) is 0 Å². The van der Waals surface area contributed by atoms with Gasteiger partial charge in [-0.2, -0.15) is 8.42 Å². The van der Waals surface area contributed by atoms with Crippen molar-refractivity contribution in [1.82, 2.24) is 10.0 Å². The van der Waals surface area contributed by atoms with E-state index >= 15 is 0 Å². The quantitative estimate of drug-likeness (QED) is 0.716. The minimum Gasteiger partial charge on any atom is -0.506 e. The maximum Gasteiger partial charge on any atom is 0.326 e.